The molecule has 0 atom stereocenters. The van der Waals surface area contributed by atoms with Gasteiger partial charge in [-0.2, -0.15) is 13.2 Å². The summed E-state index contributed by atoms with van der Waals surface area (Å²) in [5.74, 6) is -0.283. The number of nitrogens with zero attached hydrogens (tertiary/aromatic N) is 2. The molecule has 0 bridgehead atoms. The van der Waals surface area contributed by atoms with Crippen molar-refractivity contribution in [2.24, 2.45) is 0 Å². The van der Waals surface area contributed by atoms with Crippen LogP contribution in [0.2, 0.25) is 0 Å². The second-order valence-electron chi connectivity index (χ2n) is 5.75. The minimum absolute atomic E-state index is 0.0114. The Kier molecular flexibility index (Phi) is 5.87. The molecule has 7 nitrogen and oxygen atoms in total. The molecule has 0 saturated carbocycles. The summed E-state index contributed by atoms with van der Waals surface area (Å²) in [5.41, 5.74) is 10.7. The van der Waals surface area contributed by atoms with Crippen LogP contribution in [0.25, 0.3) is 0 Å². The maximum atomic E-state index is 12.9. The molecule has 1 amide bonds. The van der Waals surface area contributed by atoms with E-state index in [0.717, 1.165) is 18.5 Å². The van der Waals surface area contributed by atoms with E-state index in [1.165, 1.54) is 12.1 Å². The summed E-state index contributed by atoms with van der Waals surface area (Å²) in [5, 5.41) is 2.72. The Bertz CT molecular complexity index is 1040. The van der Waals surface area contributed by atoms with Gasteiger partial charge in [0, 0.05) is 10.2 Å². The van der Waals surface area contributed by atoms with Crippen molar-refractivity contribution in [2.45, 2.75) is 6.18 Å². The molecule has 1 aromatic heterocycles. The van der Waals surface area contributed by atoms with Gasteiger partial charge in [-0.05, 0) is 46.3 Å². The Morgan fingerprint density at radius 1 is 1.03 bits per heavy atom. The summed E-state index contributed by atoms with van der Waals surface area (Å²) in [6.07, 6.45) is -3.32. The van der Waals surface area contributed by atoms with Crippen molar-refractivity contribution in [1.82, 2.24) is 15.4 Å². The van der Waals surface area contributed by atoms with Gasteiger partial charge in [0.25, 0.3) is 5.91 Å². The Morgan fingerprint density at radius 3 is 2.48 bits per heavy atom. The summed E-state index contributed by atoms with van der Waals surface area (Å²) in [4.78, 5) is 20.1. The molecule has 29 heavy (non-hydrogen) atoms. The third-order valence-corrected chi connectivity index (χ3v) is 4.44. The highest BCUT2D eigenvalue weighted by atomic mass is 79.9. The first-order valence-corrected chi connectivity index (χ1v) is 8.90. The zero-order valence-electron chi connectivity index (χ0n) is 14.6. The minimum atomic E-state index is -4.47. The number of hydrogen-bond donors (Lipinski definition) is 4. The number of amides is 1. The average Bonchev–Trinajstić information content (AvgIpc) is 2.68. The fourth-order valence-electron chi connectivity index (χ4n) is 2.33. The van der Waals surface area contributed by atoms with Gasteiger partial charge in [-0.3, -0.25) is 15.6 Å². The number of hydrogen-bond acceptors (Lipinski definition) is 6. The van der Waals surface area contributed by atoms with Crippen molar-refractivity contribution >= 4 is 44.8 Å². The number of nitrogens with one attached hydrogen (secondary N) is 3. The largest absolute Gasteiger partial charge is 0.416 e. The zero-order chi connectivity index (χ0) is 21.0. The number of halogens is 4. The second-order valence-corrected chi connectivity index (χ2v) is 6.60. The Hall–Kier alpha value is -3.34. The molecule has 5 N–H and O–H groups in total. The highest BCUT2D eigenvalue weighted by Gasteiger charge is 2.30. The molecule has 0 radical (unpaired) electrons. The van der Waals surface area contributed by atoms with E-state index in [9.17, 15) is 18.0 Å². The van der Waals surface area contributed by atoms with E-state index in [2.05, 4.69) is 42.1 Å². The molecule has 0 saturated heterocycles. The van der Waals surface area contributed by atoms with Crippen LogP contribution < -0.4 is 21.9 Å². The zero-order valence-corrected chi connectivity index (χ0v) is 16.2. The monoisotopic (exact) mass is 466 g/mol. The average molecular weight is 467 g/mol. The standard InChI is InChI=1S/C18H14BrF3N6O/c19-13-7-2-1-6-12(13)17(29)28-27-16-14(23)15(24-9-25-16)26-11-5-3-4-10(8-11)18(20,21)22/h1-9H,23H2,(H,28,29)(H2,24,25,26,27). The molecule has 1 heterocycles. The van der Waals surface area contributed by atoms with Crippen molar-refractivity contribution < 1.29 is 18.0 Å². The Morgan fingerprint density at radius 2 is 1.76 bits per heavy atom. The molecular weight excluding hydrogens is 453 g/mol. The van der Waals surface area contributed by atoms with Crippen molar-refractivity contribution in [2.75, 3.05) is 16.5 Å². The number of rotatable bonds is 5. The van der Waals surface area contributed by atoms with Crippen molar-refractivity contribution in [3.8, 4) is 0 Å². The summed E-state index contributed by atoms with van der Waals surface area (Å²) in [7, 11) is 0. The van der Waals surface area contributed by atoms with E-state index in [1.54, 1.807) is 24.3 Å². The maximum absolute atomic E-state index is 12.9. The fraction of sp³-hybridized carbons (Fsp3) is 0.0556. The third kappa shape index (κ3) is 4.93. The maximum Gasteiger partial charge on any atom is 0.416 e. The molecule has 2 aromatic carbocycles. The lowest BCUT2D eigenvalue weighted by atomic mass is 10.2. The van der Waals surface area contributed by atoms with E-state index in [-0.39, 0.29) is 23.0 Å². The van der Waals surface area contributed by atoms with Crippen LogP contribution in [0, 0.1) is 0 Å². The molecule has 0 fully saturated rings. The number of hydrazine groups is 1. The number of carbonyl (C=O) groups is 1. The van der Waals surface area contributed by atoms with Gasteiger partial charge in [0.2, 0.25) is 0 Å². The van der Waals surface area contributed by atoms with Crippen LogP contribution in [0.15, 0.2) is 59.3 Å². The number of benzene rings is 2. The second kappa shape index (κ2) is 8.35. The van der Waals surface area contributed by atoms with Crippen LogP contribution in [0.3, 0.4) is 0 Å². The van der Waals surface area contributed by atoms with Gasteiger partial charge in [-0.1, -0.05) is 18.2 Å². The first kappa shape index (κ1) is 20.4. The summed E-state index contributed by atoms with van der Waals surface area (Å²) < 4.78 is 39.2. The Balaban J connectivity index is 1.75. The number of carbonyl (C=O) groups excluding carboxylic acids is 1. The predicted octanol–water partition coefficient (Wildman–Crippen LogP) is 4.34. The van der Waals surface area contributed by atoms with Gasteiger partial charge in [0.15, 0.2) is 11.6 Å². The molecular formula is C18H14BrF3N6O. The lowest BCUT2D eigenvalue weighted by molar-refractivity contribution is -0.137. The SMILES string of the molecule is Nc1c(NNC(=O)c2ccccc2Br)ncnc1Nc1cccc(C(F)(F)F)c1. The molecule has 3 aromatic rings. The van der Waals surface area contributed by atoms with Gasteiger partial charge in [-0.15, -0.1) is 0 Å². The van der Waals surface area contributed by atoms with E-state index in [4.69, 9.17) is 5.73 Å². The highest BCUT2D eigenvalue weighted by Crippen LogP contribution is 2.32. The van der Waals surface area contributed by atoms with Gasteiger partial charge in [-0.25, -0.2) is 9.97 Å². The third-order valence-electron chi connectivity index (χ3n) is 3.75. The van der Waals surface area contributed by atoms with Gasteiger partial charge in [0.1, 0.15) is 12.0 Å². The first-order valence-electron chi connectivity index (χ1n) is 8.11. The van der Waals surface area contributed by atoms with Crippen LogP contribution in [0.5, 0.6) is 0 Å². The molecule has 11 heteroatoms. The number of aromatic nitrogens is 2. The predicted molar refractivity (Wildman–Crippen MR) is 106 cm³/mol. The van der Waals surface area contributed by atoms with Gasteiger partial charge < -0.3 is 11.1 Å². The van der Waals surface area contributed by atoms with E-state index >= 15 is 0 Å². The lowest BCUT2D eigenvalue weighted by Gasteiger charge is -2.14. The molecule has 3 rings (SSSR count). The van der Waals surface area contributed by atoms with Gasteiger partial charge >= 0.3 is 6.18 Å². The van der Waals surface area contributed by atoms with E-state index in [0.29, 0.717) is 10.0 Å². The van der Waals surface area contributed by atoms with Crippen LogP contribution in [0.1, 0.15) is 15.9 Å². The topological polar surface area (TPSA) is 105 Å². The van der Waals surface area contributed by atoms with Crippen LogP contribution in [-0.2, 0) is 6.18 Å². The first-order chi connectivity index (χ1) is 13.8. The normalized spacial score (nSPS) is 11.0. The van der Waals surface area contributed by atoms with Crippen molar-refractivity contribution in [1.29, 1.82) is 0 Å². The highest BCUT2D eigenvalue weighted by molar-refractivity contribution is 9.10. The molecule has 0 spiro atoms. The fourth-order valence-corrected chi connectivity index (χ4v) is 2.80. The van der Waals surface area contributed by atoms with E-state index < -0.39 is 17.6 Å². The van der Waals surface area contributed by atoms with Gasteiger partial charge in [0.05, 0.1) is 11.1 Å². The molecule has 150 valence electrons. The number of alkyl halides is 3. The summed E-state index contributed by atoms with van der Waals surface area (Å²) in [6, 6.07) is 11.4. The van der Waals surface area contributed by atoms with Crippen molar-refractivity contribution in [3.63, 3.8) is 0 Å². The molecule has 0 aliphatic rings. The smallest absolute Gasteiger partial charge is 0.393 e. The number of nitrogen functional groups attached to an aromatic ring is 1. The molecule has 0 aliphatic heterocycles. The minimum Gasteiger partial charge on any atom is -0.393 e. The Labute approximate surface area is 171 Å². The van der Waals surface area contributed by atoms with E-state index in [1.807, 2.05) is 0 Å². The van der Waals surface area contributed by atoms with Crippen LogP contribution in [0.4, 0.5) is 36.2 Å². The quantitative estimate of drug-likeness (QED) is 0.417. The van der Waals surface area contributed by atoms with Crippen molar-refractivity contribution in [3.05, 3.63) is 70.5 Å². The van der Waals surface area contributed by atoms with Crippen LogP contribution in [-0.4, -0.2) is 15.9 Å². The van der Waals surface area contributed by atoms with Crippen LogP contribution >= 0.6 is 15.9 Å². The molecule has 0 aliphatic carbocycles. The summed E-state index contributed by atoms with van der Waals surface area (Å²) in [6.45, 7) is 0. The number of anilines is 4. The number of nitrogens with two attached hydrogens (primary N) is 1. The summed E-state index contributed by atoms with van der Waals surface area (Å²) >= 11 is 3.28. The molecule has 0 unspecified atom stereocenters. The lowest BCUT2D eigenvalue weighted by Crippen LogP contribution is -2.30.